The summed E-state index contributed by atoms with van der Waals surface area (Å²) in [4.78, 5) is 16.0. The second kappa shape index (κ2) is 8.75. The summed E-state index contributed by atoms with van der Waals surface area (Å²) in [6.45, 7) is 0. The summed E-state index contributed by atoms with van der Waals surface area (Å²) >= 11 is 12.2. The van der Waals surface area contributed by atoms with Crippen molar-refractivity contribution in [2.75, 3.05) is 12.4 Å². The predicted octanol–water partition coefficient (Wildman–Crippen LogP) is 4.39. The molecule has 1 N–H and O–H groups in total. The van der Waals surface area contributed by atoms with Gasteiger partial charge in [0.2, 0.25) is 5.91 Å². The number of allylic oxidation sites excluding steroid dienone is 5. The van der Waals surface area contributed by atoms with E-state index in [1.807, 2.05) is 12.2 Å². The number of methoxy groups -OCH3 is 1. The van der Waals surface area contributed by atoms with Gasteiger partial charge in [0.15, 0.2) is 0 Å². The van der Waals surface area contributed by atoms with E-state index in [-0.39, 0.29) is 11.3 Å². The Bertz CT molecular complexity index is 639. The van der Waals surface area contributed by atoms with Gasteiger partial charge in [0.25, 0.3) is 0 Å². The average Bonchev–Trinajstić information content (AvgIpc) is 2.55. The normalized spacial score (nSPS) is 18.0. The Balaban J connectivity index is 1.96. The third-order valence-electron chi connectivity index (χ3n) is 3.33. The van der Waals surface area contributed by atoms with E-state index >= 15 is 0 Å². The van der Waals surface area contributed by atoms with Crippen LogP contribution in [0, 0.1) is 0 Å². The van der Waals surface area contributed by atoms with Crippen LogP contribution in [-0.2, 0) is 9.53 Å². The van der Waals surface area contributed by atoms with Crippen molar-refractivity contribution in [1.82, 2.24) is 4.98 Å². The Morgan fingerprint density at radius 3 is 3.00 bits per heavy atom. The number of alkyl halides is 1. The molecule has 1 amide bonds. The monoisotopic (exact) mass is 352 g/mol. The molecular formula is C17H18Cl2N2O2. The van der Waals surface area contributed by atoms with Crippen molar-refractivity contribution >= 4 is 34.8 Å². The second-order valence-corrected chi connectivity index (χ2v) is 6.02. The van der Waals surface area contributed by atoms with Crippen LogP contribution < -0.4 is 5.32 Å². The Labute approximate surface area is 145 Å². The first-order chi connectivity index (χ1) is 11.1. The van der Waals surface area contributed by atoms with Crippen molar-refractivity contribution in [1.29, 1.82) is 0 Å². The molecule has 1 atom stereocenters. The van der Waals surface area contributed by atoms with Crippen LogP contribution in [0.25, 0.3) is 0 Å². The maximum Gasteiger partial charge on any atom is 0.224 e. The summed E-state index contributed by atoms with van der Waals surface area (Å²) in [6, 6.07) is 3.57. The zero-order valence-corrected chi connectivity index (χ0v) is 14.3. The lowest BCUT2D eigenvalue weighted by Gasteiger charge is -2.16. The number of hydrogen-bond acceptors (Lipinski definition) is 3. The van der Waals surface area contributed by atoms with E-state index in [1.54, 1.807) is 37.9 Å². The molecule has 1 aromatic rings. The molecule has 0 saturated carbocycles. The van der Waals surface area contributed by atoms with Crippen molar-refractivity contribution in [3.8, 4) is 0 Å². The van der Waals surface area contributed by atoms with Crippen LogP contribution in [0.15, 0.2) is 59.1 Å². The number of halogens is 2. The number of nitrogens with one attached hydrogen (secondary N) is 1. The van der Waals surface area contributed by atoms with Gasteiger partial charge >= 0.3 is 0 Å². The van der Waals surface area contributed by atoms with Crippen LogP contribution >= 0.6 is 23.2 Å². The second-order valence-electron chi connectivity index (χ2n) is 5.06. The van der Waals surface area contributed by atoms with Gasteiger partial charge in [-0.25, -0.2) is 0 Å². The zero-order chi connectivity index (χ0) is 16.7. The van der Waals surface area contributed by atoms with Gasteiger partial charge in [-0.2, -0.15) is 0 Å². The van der Waals surface area contributed by atoms with E-state index in [2.05, 4.69) is 10.3 Å². The van der Waals surface area contributed by atoms with Crippen molar-refractivity contribution in [3.63, 3.8) is 0 Å². The number of carbonyl (C=O) groups is 1. The molecule has 23 heavy (non-hydrogen) atoms. The highest BCUT2D eigenvalue weighted by Gasteiger charge is 2.16. The Kier molecular flexibility index (Phi) is 6.68. The maximum absolute atomic E-state index is 12.0. The molecule has 1 aromatic heterocycles. The number of amides is 1. The number of aromatic nitrogens is 1. The summed E-state index contributed by atoms with van der Waals surface area (Å²) in [6.07, 6.45) is 10.3. The zero-order valence-electron chi connectivity index (χ0n) is 12.8. The van der Waals surface area contributed by atoms with Crippen LogP contribution in [0.5, 0.6) is 0 Å². The van der Waals surface area contributed by atoms with Crippen molar-refractivity contribution in [2.45, 2.75) is 24.6 Å². The number of nitrogens with zero attached hydrogens (tertiary/aromatic N) is 1. The van der Waals surface area contributed by atoms with E-state index in [0.717, 1.165) is 11.1 Å². The molecule has 0 aliphatic heterocycles. The van der Waals surface area contributed by atoms with Crippen molar-refractivity contribution in [3.05, 3.63) is 59.1 Å². The van der Waals surface area contributed by atoms with E-state index in [9.17, 15) is 4.79 Å². The third kappa shape index (κ3) is 5.41. The highest BCUT2D eigenvalue weighted by molar-refractivity contribution is 6.37. The largest absolute Gasteiger partial charge is 0.504 e. The number of ether oxygens (including phenoxy) is 1. The number of anilines is 1. The Morgan fingerprint density at radius 1 is 1.52 bits per heavy atom. The van der Waals surface area contributed by atoms with Crippen LogP contribution in [0.3, 0.4) is 0 Å². The first-order valence-electron chi connectivity index (χ1n) is 7.23. The van der Waals surface area contributed by atoms with Crippen LogP contribution in [0.1, 0.15) is 19.3 Å². The first kappa shape index (κ1) is 17.6. The van der Waals surface area contributed by atoms with Gasteiger partial charge in [0.1, 0.15) is 0 Å². The van der Waals surface area contributed by atoms with E-state index in [1.165, 1.54) is 0 Å². The fraction of sp³-hybridized carbons (Fsp3) is 0.294. The number of pyridine rings is 1. The summed E-state index contributed by atoms with van der Waals surface area (Å²) in [5, 5.41) is 3.23. The highest BCUT2D eigenvalue weighted by Crippen LogP contribution is 2.30. The van der Waals surface area contributed by atoms with Gasteiger partial charge in [0.05, 0.1) is 30.6 Å². The lowest BCUT2D eigenvalue weighted by atomic mass is 9.96. The molecule has 1 unspecified atom stereocenters. The molecule has 4 nitrogen and oxygen atoms in total. The first-order valence-corrected chi connectivity index (χ1v) is 8.05. The van der Waals surface area contributed by atoms with Gasteiger partial charge in [-0.3, -0.25) is 9.78 Å². The minimum Gasteiger partial charge on any atom is -0.504 e. The minimum atomic E-state index is -0.182. The average molecular weight is 353 g/mol. The Hall–Kier alpha value is -1.78. The fourth-order valence-electron chi connectivity index (χ4n) is 2.19. The minimum absolute atomic E-state index is 0.0818. The third-order valence-corrected chi connectivity index (χ3v) is 4.23. The van der Waals surface area contributed by atoms with Crippen LogP contribution in [0.2, 0.25) is 0 Å². The maximum atomic E-state index is 12.0. The van der Waals surface area contributed by atoms with E-state index < -0.39 is 0 Å². The lowest BCUT2D eigenvalue weighted by molar-refractivity contribution is -0.116. The summed E-state index contributed by atoms with van der Waals surface area (Å²) in [5.74, 6) is -0.0818. The summed E-state index contributed by atoms with van der Waals surface area (Å²) in [7, 11) is 1.58. The smallest absolute Gasteiger partial charge is 0.224 e. The fourth-order valence-corrected chi connectivity index (χ4v) is 2.55. The van der Waals surface area contributed by atoms with Gasteiger partial charge in [-0.1, -0.05) is 17.7 Å². The van der Waals surface area contributed by atoms with Crippen LogP contribution in [0.4, 0.5) is 5.69 Å². The lowest BCUT2D eigenvalue weighted by Crippen LogP contribution is -2.12. The number of hydrogen-bond donors (Lipinski definition) is 1. The number of rotatable bonds is 6. The molecular weight excluding hydrogens is 335 g/mol. The Morgan fingerprint density at radius 2 is 2.35 bits per heavy atom. The molecule has 2 rings (SSSR count). The molecule has 0 aromatic carbocycles. The predicted molar refractivity (Wildman–Crippen MR) is 93.5 cm³/mol. The van der Waals surface area contributed by atoms with Crippen LogP contribution in [-0.4, -0.2) is 23.4 Å². The highest BCUT2D eigenvalue weighted by atomic mass is 35.5. The van der Waals surface area contributed by atoms with Gasteiger partial charge in [-0.15, -0.1) is 11.6 Å². The number of carbonyl (C=O) groups excluding carboxylic acids is 1. The molecule has 0 fully saturated rings. The standard InChI is InChI=1S/C17H18Cl2N2O2/c1-23-11-13(12-4-6-15(18)16(19)9-12)5-7-17(22)21-14-3-2-8-20-10-14/h2-4,8-11,15H,5-7H2,1H3,(H,21,22). The van der Waals surface area contributed by atoms with Crippen molar-refractivity contribution in [2.24, 2.45) is 0 Å². The van der Waals surface area contributed by atoms with Gasteiger partial charge in [0, 0.05) is 17.6 Å². The molecule has 122 valence electrons. The molecule has 1 heterocycles. The molecule has 0 radical (unpaired) electrons. The molecule has 6 heteroatoms. The molecule has 1 aliphatic carbocycles. The molecule has 0 spiro atoms. The topological polar surface area (TPSA) is 51.2 Å². The quantitative estimate of drug-likeness (QED) is 0.610. The van der Waals surface area contributed by atoms with E-state index in [4.69, 9.17) is 27.9 Å². The molecule has 0 saturated heterocycles. The SMILES string of the molecule is COC=C(CCC(=O)Nc1cccnc1)C1=CCC(Cl)C(Cl)=C1. The van der Waals surface area contributed by atoms with Gasteiger partial charge in [-0.05, 0) is 42.2 Å². The van der Waals surface area contributed by atoms with E-state index in [0.29, 0.717) is 30.0 Å². The molecule has 0 bridgehead atoms. The van der Waals surface area contributed by atoms with Crippen molar-refractivity contribution < 1.29 is 9.53 Å². The summed E-state index contributed by atoms with van der Waals surface area (Å²) in [5.41, 5.74) is 2.54. The van der Waals surface area contributed by atoms with Gasteiger partial charge < -0.3 is 10.1 Å². The molecule has 1 aliphatic rings. The summed E-state index contributed by atoms with van der Waals surface area (Å²) < 4.78 is 5.12.